The first-order chi connectivity index (χ1) is 13.1. The second-order valence-corrected chi connectivity index (χ2v) is 6.43. The van der Waals surface area contributed by atoms with Crippen LogP contribution in [0.4, 0.5) is 11.4 Å². The van der Waals surface area contributed by atoms with Crippen molar-refractivity contribution in [1.82, 2.24) is 5.32 Å². The molecule has 0 unspecified atom stereocenters. The third-order valence-corrected chi connectivity index (χ3v) is 4.50. The Kier molecular flexibility index (Phi) is 6.25. The molecule has 142 valence electrons. The van der Waals surface area contributed by atoms with Gasteiger partial charge in [-0.05, 0) is 43.5 Å². The number of rotatable bonds is 8. The summed E-state index contributed by atoms with van der Waals surface area (Å²) >= 11 is 0. The summed E-state index contributed by atoms with van der Waals surface area (Å²) < 4.78 is 5.57. The van der Waals surface area contributed by atoms with Crippen molar-refractivity contribution in [3.05, 3.63) is 64.2 Å². The number of anilines is 1. The van der Waals surface area contributed by atoms with Crippen LogP contribution in [0.3, 0.4) is 0 Å². The maximum atomic E-state index is 12.3. The van der Waals surface area contributed by atoms with Crippen molar-refractivity contribution in [3.63, 3.8) is 0 Å². The Morgan fingerprint density at radius 1 is 1.15 bits per heavy atom. The van der Waals surface area contributed by atoms with Gasteiger partial charge in [0, 0.05) is 31.3 Å². The van der Waals surface area contributed by atoms with Crippen molar-refractivity contribution in [2.24, 2.45) is 0 Å². The van der Waals surface area contributed by atoms with E-state index >= 15 is 0 Å². The van der Waals surface area contributed by atoms with Gasteiger partial charge in [-0.2, -0.15) is 0 Å². The van der Waals surface area contributed by atoms with E-state index in [0.717, 1.165) is 31.7 Å². The Morgan fingerprint density at radius 3 is 2.59 bits per heavy atom. The van der Waals surface area contributed by atoms with Crippen LogP contribution < -0.4 is 15.0 Å². The molecule has 1 heterocycles. The van der Waals surface area contributed by atoms with Gasteiger partial charge in [0.1, 0.15) is 11.4 Å². The lowest BCUT2D eigenvalue weighted by atomic mass is 10.1. The first-order valence-electron chi connectivity index (χ1n) is 9.14. The number of nitro groups is 1. The second kappa shape index (κ2) is 9.02. The number of hydrogen-bond donors (Lipinski definition) is 1. The van der Waals surface area contributed by atoms with Crippen LogP contribution in [0.2, 0.25) is 0 Å². The van der Waals surface area contributed by atoms with E-state index in [4.69, 9.17) is 4.74 Å². The molecule has 1 saturated heterocycles. The van der Waals surface area contributed by atoms with Crippen molar-refractivity contribution < 1.29 is 14.5 Å². The maximum absolute atomic E-state index is 12.3. The number of hydrogen-bond acceptors (Lipinski definition) is 5. The summed E-state index contributed by atoms with van der Waals surface area (Å²) in [6.45, 7) is 2.55. The van der Waals surface area contributed by atoms with Crippen molar-refractivity contribution in [2.45, 2.75) is 19.3 Å². The molecule has 0 spiro atoms. The molecule has 7 heteroatoms. The molecule has 2 aromatic carbocycles. The first-order valence-corrected chi connectivity index (χ1v) is 9.14. The summed E-state index contributed by atoms with van der Waals surface area (Å²) in [4.78, 5) is 25.3. The molecular weight excluding hydrogens is 346 g/mol. The van der Waals surface area contributed by atoms with Crippen molar-refractivity contribution in [2.75, 3.05) is 31.1 Å². The summed E-state index contributed by atoms with van der Waals surface area (Å²) in [6, 6.07) is 14.2. The lowest BCUT2D eigenvalue weighted by molar-refractivity contribution is -0.384. The van der Waals surface area contributed by atoms with E-state index in [1.807, 2.05) is 35.2 Å². The van der Waals surface area contributed by atoms with Crippen molar-refractivity contribution >= 4 is 17.3 Å². The Labute approximate surface area is 158 Å². The van der Waals surface area contributed by atoms with Crippen molar-refractivity contribution in [1.29, 1.82) is 0 Å². The minimum atomic E-state index is -0.419. The van der Waals surface area contributed by atoms with Gasteiger partial charge in [0.15, 0.2) is 0 Å². The van der Waals surface area contributed by atoms with Gasteiger partial charge in [-0.3, -0.25) is 14.9 Å². The molecule has 1 amide bonds. The van der Waals surface area contributed by atoms with Crippen LogP contribution in [-0.4, -0.2) is 37.1 Å². The lowest BCUT2D eigenvalue weighted by Gasteiger charge is -2.17. The standard InChI is InChI=1S/C20H23N3O4/c24-20(21-11-6-14-27-17-7-2-1-3-8-17)16-9-10-18(19(15-16)23(25)26)22-12-4-5-13-22/h1-3,7-10,15H,4-6,11-14H2,(H,21,24). The smallest absolute Gasteiger partial charge is 0.293 e. The van der Waals surface area contributed by atoms with E-state index in [9.17, 15) is 14.9 Å². The van der Waals surface area contributed by atoms with Crippen LogP contribution in [0.5, 0.6) is 5.75 Å². The van der Waals surface area contributed by atoms with Crippen LogP contribution in [0.1, 0.15) is 29.6 Å². The molecule has 0 saturated carbocycles. The Bertz CT molecular complexity index is 789. The zero-order valence-corrected chi connectivity index (χ0v) is 15.1. The molecule has 0 atom stereocenters. The lowest BCUT2D eigenvalue weighted by Crippen LogP contribution is -2.26. The topological polar surface area (TPSA) is 84.7 Å². The third kappa shape index (κ3) is 4.97. The van der Waals surface area contributed by atoms with E-state index in [0.29, 0.717) is 30.8 Å². The van der Waals surface area contributed by atoms with E-state index in [-0.39, 0.29) is 11.6 Å². The van der Waals surface area contributed by atoms with Gasteiger partial charge in [-0.15, -0.1) is 0 Å². The fraction of sp³-hybridized carbons (Fsp3) is 0.350. The number of benzene rings is 2. The number of nitrogens with zero attached hydrogens (tertiary/aromatic N) is 2. The molecule has 2 aromatic rings. The molecule has 27 heavy (non-hydrogen) atoms. The van der Waals surface area contributed by atoms with Crippen LogP contribution >= 0.6 is 0 Å². The molecule has 0 radical (unpaired) electrons. The minimum Gasteiger partial charge on any atom is -0.494 e. The molecule has 1 aliphatic rings. The minimum absolute atomic E-state index is 0.0167. The molecule has 7 nitrogen and oxygen atoms in total. The Balaban J connectivity index is 1.53. The van der Waals surface area contributed by atoms with E-state index < -0.39 is 4.92 Å². The zero-order chi connectivity index (χ0) is 19.1. The number of ether oxygens (including phenoxy) is 1. The maximum Gasteiger partial charge on any atom is 0.293 e. The SMILES string of the molecule is O=C(NCCCOc1ccccc1)c1ccc(N2CCCC2)c([N+](=O)[O-])c1. The highest BCUT2D eigenvalue weighted by Gasteiger charge is 2.23. The fourth-order valence-corrected chi connectivity index (χ4v) is 3.12. The summed E-state index contributed by atoms with van der Waals surface area (Å²) in [5.74, 6) is 0.475. The molecule has 1 aliphatic heterocycles. The molecule has 0 aromatic heterocycles. The summed E-state index contributed by atoms with van der Waals surface area (Å²) in [6.07, 6.45) is 2.71. The molecule has 0 bridgehead atoms. The number of carbonyl (C=O) groups excluding carboxylic acids is 1. The van der Waals surface area contributed by atoms with Crippen LogP contribution in [0.25, 0.3) is 0 Å². The van der Waals surface area contributed by atoms with Gasteiger partial charge in [0.05, 0.1) is 11.5 Å². The van der Waals surface area contributed by atoms with Crippen LogP contribution in [0.15, 0.2) is 48.5 Å². The van der Waals surface area contributed by atoms with Gasteiger partial charge in [0.25, 0.3) is 11.6 Å². The summed E-state index contributed by atoms with van der Waals surface area (Å²) in [5.41, 5.74) is 0.871. The van der Waals surface area contributed by atoms with E-state index in [1.54, 1.807) is 12.1 Å². The molecule has 3 rings (SSSR count). The highest BCUT2D eigenvalue weighted by atomic mass is 16.6. The van der Waals surface area contributed by atoms with Gasteiger partial charge in [0.2, 0.25) is 0 Å². The van der Waals surface area contributed by atoms with Crippen LogP contribution in [0, 0.1) is 10.1 Å². The predicted molar refractivity (Wildman–Crippen MR) is 103 cm³/mol. The predicted octanol–water partition coefficient (Wildman–Crippen LogP) is 3.39. The van der Waals surface area contributed by atoms with E-state index in [2.05, 4.69) is 5.32 Å². The Morgan fingerprint density at radius 2 is 1.89 bits per heavy atom. The van der Waals surface area contributed by atoms with E-state index in [1.165, 1.54) is 6.07 Å². The normalized spacial score (nSPS) is 13.4. The number of nitrogens with one attached hydrogen (secondary N) is 1. The molecule has 0 aliphatic carbocycles. The monoisotopic (exact) mass is 369 g/mol. The number of carbonyl (C=O) groups is 1. The highest BCUT2D eigenvalue weighted by molar-refractivity contribution is 5.95. The molecule has 1 fully saturated rings. The van der Waals surface area contributed by atoms with Gasteiger partial charge >= 0.3 is 0 Å². The zero-order valence-electron chi connectivity index (χ0n) is 15.1. The van der Waals surface area contributed by atoms with Gasteiger partial charge < -0.3 is 15.0 Å². The van der Waals surface area contributed by atoms with Gasteiger partial charge in [-0.1, -0.05) is 18.2 Å². The molecular formula is C20H23N3O4. The van der Waals surface area contributed by atoms with Crippen LogP contribution in [-0.2, 0) is 0 Å². The Hall–Kier alpha value is -3.09. The summed E-state index contributed by atoms with van der Waals surface area (Å²) in [5, 5.41) is 14.2. The fourth-order valence-electron chi connectivity index (χ4n) is 3.12. The average molecular weight is 369 g/mol. The number of nitro benzene ring substituents is 1. The number of para-hydroxylation sites is 1. The van der Waals surface area contributed by atoms with Gasteiger partial charge in [-0.25, -0.2) is 0 Å². The largest absolute Gasteiger partial charge is 0.494 e. The highest BCUT2D eigenvalue weighted by Crippen LogP contribution is 2.31. The first kappa shape index (κ1) is 18.7. The van der Waals surface area contributed by atoms with Crippen molar-refractivity contribution in [3.8, 4) is 5.75 Å². The summed E-state index contributed by atoms with van der Waals surface area (Å²) in [7, 11) is 0. The average Bonchev–Trinajstić information content (AvgIpc) is 3.22. The quantitative estimate of drug-likeness (QED) is 0.438. The second-order valence-electron chi connectivity index (χ2n) is 6.43. The third-order valence-electron chi connectivity index (χ3n) is 4.50. The molecule has 1 N–H and O–H groups in total. The number of amides is 1.